The zero-order chi connectivity index (χ0) is 14.4. The van der Waals surface area contributed by atoms with Crippen molar-refractivity contribution in [1.82, 2.24) is 0 Å². The van der Waals surface area contributed by atoms with Gasteiger partial charge in [0.15, 0.2) is 5.75 Å². The number of hydrogen-bond donors (Lipinski definition) is 0. The maximum Gasteiger partial charge on any atom is 0.190 e. The van der Waals surface area contributed by atoms with Crippen LogP contribution >= 0.6 is 0 Å². The second-order valence-electron chi connectivity index (χ2n) is 7.35. The second kappa shape index (κ2) is 4.26. The molecular weight excluding hydrogens is 232 g/mol. The van der Waals surface area contributed by atoms with Gasteiger partial charge in [0, 0.05) is 10.9 Å². The summed E-state index contributed by atoms with van der Waals surface area (Å²) in [6.45, 7) is 12.8. The van der Waals surface area contributed by atoms with Crippen LogP contribution in [0.4, 0.5) is 0 Å². The molecule has 0 saturated heterocycles. The lowest BCUT2D eigenvalue weighted by Crippen LogP contribution is -2.14. The molecule has 0 aliphatic rings. The molecule has 0 unspecified atom stereocenters. The van der Waals surface area contributed by atoms with E-state index in [4.69, 9.17) is 0 Å². The lowest BCUT2D eigenvalue weighted by Gasteiger charge is -2.25. The molecule has 0 aliphatic heterocycles. The SMILES string of the molecule is CC(C)(C)c1ccc2cccc(C(C)(C)C)c2c1[O]. The van der Waals surface area contributed by atoms with E-state index in [1.807, 2.05) is 18.2 Å². The first kappa shape index (κ1) is 13.9. The van der Waals surface area contributed by atoms with Crippen molar-refractivity contribution in [2.24, 2.45) is 0 Å². The van der Waals surface area contributed by atoms with Crippen LogP contribution in [0.2, 0.25) is 0 Å². The highest BCUT2D eigenvalue weighted by molar-refractivity contribution is 5.93. The van der Waals surface area contributed by atoms with Crippen molar-refractivity contribution in [2.75, 3.05) is 0 Å². The highest BCUT2D eigenvalue weighted by atomic mass is 16.3. The molecule has 2 aromatic carbocycles. The Morgan fingerprint density at radius 1 is 0.737 bits per heavy atom. The van der Waals surface area contributed by atoms with Gasteiger partial charge in [-0.05, 0) is 21.8 Å². The van der Waals surface area contributed by atoms with Crippen LogP contribution in [-0.4, -0.2) is 0 Å². The van der Waals surface area contributed by atoms with Gasteiger partial charge in [0.2, 0.25) is 0 Å². The number of benzene rings is 2. The predicted octanol–water partition coefficient (Wildman–Crippen LogP) is 5.58. The van der Waals surface area contributed by atoms with E-state index in [-0.39, 0.29) is 16.6 Å². The lowest BCUT2D eigenvalue weighted by atomic mass is 9.80. The Balaban J connectivity index is 2.88. The van der Waals surface area contributed by atoms with Crippen LogP contribution in [0.25, 0.3) is 10.8 Å². The topological polar surface area (TPSA) is 19.9 Å². The van der Waals surface area contributed by atoms with Gasteiger partial charge in [-0.1, -0.05) is 71.9 Å². The summed E-state index contributed by atoms with van der Waals surface area (Å²) in [4.78, 5) is 0. The summed E-state index contributed by atoms with van der Waals surface area (Å²) in [6, 6.07) is 10.2. The van der Waals surface area contributed by atoms with E-state index in [2.05, 4.69) is 53.7 Å². The molecule has 101 valence electrons. The highest BCUT2D eigenvalue weighted by Crippen LogP contribution is 2.41. The molecule has 1 nitrogen and oxygen atoms in total. The van der Waals surface area contributed by atoms with Gasteiger partial charge in [-0.2, -0.15) is 0 Å². The Hall–Kier alpha value is -1.50. The first-order valence-electron chi connectivity index (χ1n) is 6.86. The van der Waals surface area contributed by atoms with Crippen LogP contribution in [0.3, 0.4) is 0 Å². The second-order valence-corrected chi connectivity index (χ2v) is 7.35. The molecule has 0 fully saturated rings. The fourth-order valence-electron chi connectivity index (χ4n) is 2.56. The summed E-state index contributed by atoms with van der Waals surface area (Å²) < 4.78 is 0. The average molecular weight is 255 g/mol. The number of rotatable bonds is 0. The van der Waals surface area contributed by atoms with Crippen LogP contribution in [0.5, 0.6) is 5.75 Å². The average Bonchev–Trinajstić information content (AvgIpc) is 2.25. The maximum atomic E-state index is 12.8. The van der Waals surface area contributed by atoms with E-state index in [1.54, 1.807) is 0 Å². The van der Waals surface area contributed by atoms with Crippen molar-refractivity contribution < 1.29 is 5.11 Å². The Morgan fingerprint density at radius 2 is 1.32 bits per heavy atom. The molecule has 1 heteroatoms. The molecule has 0 heterocycles. The lowest BCUT2D eigenvalue weighted by molar-refractivity contribution is 0.345. The van der Waals surface area contributed by atoms with Gasteiger partial charge in [0.05, 0.1) is 0 Å². The standard InChI is InChI=1S/C18H23O/c1-17(2,3)13-9-7-8-12-10-11-14(18(4,5)6)16(19)15(12)13/h7-11H,1-6H3. The van der Waals surface area contributed by atoms with Crippen LogP contribution in [0, 0.1) is 0 Å². The molecule has 2 rings (SSSR count). The summed E-state index contributed by atoms with van der Waals surface area (Å²) in [5, 5.41) is 14.8. The molecule has 0 atom stereocenters. The van der Waals surface area contributed by atoms with E-state index in [0.717, 1.165) is 21.9 Å². The number of hydrogen-bond acceptors (Lipinski definition) is 0. The molecule has 0 saturated carbocycles. The van der Waals surface area contributed by atoms with E-state index in [9.17, 15) is 5.11 Å². The minimum atomic E-state index is -0.115. The van der Waals surface area contributed by atoms with Crippen LogP contribution in [0.1, 0.15) is 52.7 Å². The van der Waals surface area contributed by atoms with Crippen LogP contribution in [0.15, 0.2) is 30.3 Å². The third kappa shape index (κ3) is 2.47. The summed E-state index contributed by atoms with van der Waals surface area (Å²) in [5.41, 5.74) is 1.91. The largest absolute Gasteiger partial charge is 0.289 e. The molecule has 1 radical (unpaired) electrons. The van der Waals surface area contributed by atoms with Crippen molar-refractivity contribution in [2.45, 2.75) is 52.4 Å². The molecule has 0 N–H and O–H groups in total. The molecule has 2 aromatic rings. The zero-order valence-electron chi connectivity index (χ0n) is 12.8. The third-order valence-corrected chi connectivity index (χ3v) is 3.61. The monoisotopic (exact) mass is 255 g/mol. The Labute approximate surface area is 116 Å². The van der Waals surface area contributed by atoms with Gasteiger partial charge in [0.25, 0.3) is 0 Å². The van der Waals surface area contributed by atoms with Gasteiger partial charge in [0.1, 0.15) is 0 Å². The summed E-state index contributed by atoms with van der Waals surface area (Å²) in [7, 11) is 0. The fraction of sp³-hybridized carbons (Fsp3) is 0.444. The molecule has 19 heavy (non-hydrogen) atoms. The van der Waals surface area contributed by atoms with E-state index < -0.39 is 0 Å². The Kier molecular flexibility index (Phi) is 3.12. The first-order valence-corrected chi connectivity index (χ1v) is 6.86. The Morgan fingerprint density at radius 3 is 1.84 bits per heavy atom. The van der Waals surface area contributed by atoms with E-state index >= 15 is 0 Å². The molecule has 0 aliphatic carbocycles. The normalized spacial score (nSPS) is 12.9. The van der Waals surface area contributed by atoms with Crippen molar-refractivity contribution >= 4 is 10.8 Å². The quantitative estimate of drug-likeness (QED) is 0.585. The maximum absolute atomic E-state index is 12.8. The number of fused-ring (bicyclic) bond motifs is 1. The predicted molar refractivity (Wildman–Crippen MR) is 81.5 cm³/mol. The van der Waals surface area contributed by atoms with Crippen molar-refractivity contribution in [3.63, 3.8) is 0 Å². The van der Waals surface area contributed by atoms with E-state index in [0.29, 0.717) is 0 Å². The van der Waals surface area contributed by atoms with Crippen LogP contribution < -0.4 is 0 Å². The van der Waals surface area contributed by atoms with Gasteiger partial charge in [-0.25, -0.2) is 0 Å². The summed E-state index contributed by atoms with van der Waals surface area (Å²) in [6.07, 6.45) is 0. The first-order chi connectivity index (χ1) is 8.62. The molecule has 0 aromatic heterocycles. The van der Waals surface area contributed by atoms with Crippen molar-refractivity contribution in [3.05, 3.63) is 41.5 Å². The van der Waals surface area contributed by atoms with Gasteiger partial charge in [-0.15, -0.1) is 0 Å². The molecule has 0 bridgehead atoms. The van der Waals surface area contributed by atoms with Crippen molar-refractivity contribution in [1.29, 1.82) is 0 Å². The molecular formula is C18H23O. The molecule has 0 amide bonds. The van der Waals surface area contributed by atoms with E-state index in [1.165, 1.54) is 0 Å². The summed E-state index contributed by atoms with van der Waals surface area (Å²) in [5.74, 6) is 0.190. The minimum absolute atomic E-state index is 0.0187. The zero-order valence-corrected chi connectivity index (χ0v) is 12.8. The highest BCUT2D eigenvalue weighted by Gasteiger charge is 2.25. The van der Waals surface area contributed by atoms with Crippen molar-refractivity contribution in [3.8, 4) is 5.75 Å². The van der Waals surface area contributed by atoms with Gasteiger partial charge >= 0.3 is 0 Å². The minimum Gasteiger partial charge on any atom is -0.289 e. The summed E-state index contributed by atoms with van der Waals surface area (Å²) >= 11 is 0. The van der Waals surface area contributed by atoms with Gasteiger partial charge in [-0.3, -0.25) is 5.11 Å². The smallest absolute Gasteiger partial charge is 0.190 e. The van der Waals surface area contributed by atoms with Gasteiger partial charge < -0.3 is 0 Å². The molecule has 0 spiro atoms. The fourth-order valence-corrected chi connectivity index (χ4v) is 2.56. The van der Waals surface area contributed by atoms with Crippen LogP contribution in [-0.2, 0) is 15.9 Å². The Bertz CT molecular complexity index is 610. The third-order valence-electron chi connectivity index (χ3n) is 3.61.